The molecule has 1 unspecified atom stereocenters. The standard InChI is InChI=1S/C32H39NO3/c1-21-8-11-24-16-26-30-12-13-32(34-2,25(17-30)20-35-19-23-6-4-3-5-7-23)29-31(30,27(24)28(21)36-29)14-15-33(26)18-22-9-10-22/h3-8,11,22,25-26,29H,9-10,12-20H2,1-2H3/t25-,26+,29+,30+,31-,32?/m0/s1. The van der Waals surface area contributed by atoms with Crippen molar-refractivity contribution in [2.45, 2.75) is 81.6 Å². The van der Waals surface area contributed by atoms with Gasteiger partial charge in [0.1, 0.15) is 17.5 Å². The zero-order valence-corrected chi connectivity index (χ0v) is 21.8. The molecule has 4 saturated carbocycles. The number of nitrogens with zero attached hydrogens (tertiary/aromatic N) is 1. The third-order valence-electron chi connectivity index (χ3n) is 11.5. The maximum atomic E-state index is 7.16. The zero-order valence-electron chi connectivity index (χ0n) is 21.8. The number of piperidine rings is 1. The minimum absolute atomic E-state index is 0.0941. The molecule has 190 valence electrons. The van der Waals surface area contributed by atoms with E-state index in [0.717, 1.165) is 18.9 Å². The monoisotopic (exact) mass is 485 g/mol. The predicted octanol–water partition coefficient (Wildman–Crippen LogP) is 5.44. The molecular weight excluding hydrogens is 446 g/mol. The van der Waals surface area contributed by atoms with Crippen LogP contribution in [0.1, 0.15) is 60.8 Å². The Bertz CT molecular complexity index is 1190. The summed E-state index contributed by atoms with van der Waals surface area (Å²) >= 11 is 0. The van der Waals surface area contributed by atoms with E-state index in [1.165, 1.54) is 68.5 Å². The van der Waals surface area contributed by atoms with Crippen molar-refractivity contribution in [1.82, 2.24) is 4.90 Å². The maximum absolute atomic E-state index is 7.16. The summed E-state index contributed by atoms with van der Waals surface area (Å²) < 4.78 is 20.3. The van der Waals surface area contributed by atoms with Gasteiger partial charge in [0.25, 0.3) is 0 Å². The first-order valence-electron chi connectivity index (χ1n) is 14.3. The first-order valence-corrected chi connectivity index (χ1v) is 14.3. The lowest BCUT2D eigenvalue weighted by atomic mass is 9.35. The Kier molecular flexibility index (Phi) is 4.66. The second kappa shape index (κ2) is 7.58. The number of ether oxygens (including phenoxy) is 3. The molecule has 9 rings (SSSR count). The van der Waals surface area contributed by atoms with Gasteiger partial charge in [-0.25, -0.2) is 0 Å². The summed E-state index contributed by atoms with van der Waals surface area (Å²) in [6, 6.07) is 16.0. The average molecular weight is 486 g/mol. The van der Waals surface area contributed by atoms with E-state index < -0.39 is 0 Å². The van der Waals surface area contributed by atoms with Crippen LogP contribution in [0.5, 0.6) is 5.75 Å². The van der Waals surface area contributed by atoms with Gasteiger partial charge in [0.05, 0.1) is 13.2 Å². The van der Waals surface area contributed by atoms with Crippen molar-refractivity contribution in [3.63, 3.8) is 0 Å². The normalized spacial score (nSPS) is 39.7. The van der Waals surface area contributed by atoms with Crippen LogP contribution in [0, 0.1) is 24.2 Å². The molecule has 0 N–H and O–H groups in total. The van der Waals surface area contributed by atoms with Crippen LogP contribution in [0.15, 0.2) is 42.5 Å². The Morgan fingerprint density at radius 3 is 2.72 bits per heavy atom. The lowest BCUT2D eigenvalue weighted by Gasteiger charge is -2.74. The highest BCUT2D eigenvalue weighted by Gasteiger charge is 2.80. The number of benzene rings is 2. The summed E-state index contributed by atoms with van der Waals surface area (Å²) in [6.45, 7) is 6.17. The fraction of sp³-hybridized carbons (Fsp3) is 0.625. The summed E-state index contributed by atoms with van der Waals surface area (Å²) in [5, 5.41) is 0. The predicted molar refractivity (Wildman–Crippen MR) is 139 cm³/mol. The number of aryl methyl sites for hydroxylation is 1. The highest BCUT2D eigenvalue weighted by Crippen LogP contribution is 2.76. The van der Waals surface area contributed by atoms with Crippen molar-refractivity contribution >= 4 is 0 Å². The van der Waals surface area contributed by atoms with Crippen LogP contribution in [0.3, 0.4) is 0 Å². The first-order chi connectivity index (χ1) is 17.6. The van der Waals surface area contributed by atoms with Crippen LogP contribution in [0.2, 0.25) is 0 Å². The van der Waals surface area contributed by atoms with Gasteiger partial charge in [-0.05, 0) is 81.0 Å². The van der Waals surface area contributed by atoms with Crippen LogP contribution in [0.4, 0.5) is 0 Å². The fourth-order valence-electron chi connectivity index (χ4n) is 9.79. The zero-order chi connectivity index (χ0) is 24.1. The molecule has 1 saturated heterocycles. The summed E-state index contributed by atoms with van der Waals surface area (Å²) in [4.78, 5) is 2.92. The highest BCUT2D eigenvalue weighted by atomic mass is 16.6. The van der Waals surface area contributed by atoms with Crippen molar-refractivity contribution in [2.24, 2.45) is 17.3 Å². The summed E-state index contributed by atoms with van der Waals surface area (Å²) in [5.74, 6) is 2.49. The Balaban J connectivity index is 1.22. The van der Waals surface area contributed by atoms with Crippen LogP contribution in [-0.2, 0) is 27.9 Å². The van der Waals surface area contributed by atoms with Crippen molar-refractivity contribution in [3.05, 3.63) is 64.7 Å². The van der Waals surface area contributed by atoms with E-state index in [0.29, 0.717) is 18.6 Å². The maximum Gasteiger partial charge on any atom is 0.138 e. The molecule has 5 fully saturated rings. The molecule has 5 aliphatic carbocycles. The van der Waals surface area contributed by atoms with Crippen LogP contribution < -0.4 is 4.74 Å². The van der Waals surface area contributed by atoms with Crippen molar-refractivity contribution in [2.75, 3.05) is 26.8 Å². The van der Waals surface area contributed by atoms with Crippen molar-refractivity contribution in [3.8, 4) is 5.75 Å². The summed E-state index contributed by atoms with van der Waals surface area (Å²) in [7, 11) is 1.95. The van der Waals surface area contributed by atoms with Gasteiger partial charge in [-0.15, -0.1) is 0 Å². The molecule has 36 heavy (non-hydrogen) atoms. The molecule has 4 bridgehead atoms. The molecule has 2 aromatic carbocycles. The molecule has 2 spiro atoms. The largest absolute Gasteiger partial charge is 0.486 e. The Morgan fingerprint density at radius 2 is 1.92 bits per heavy atom. The van der Waals surface area contributed by atoms with Crippen LogP contribution >= 0.6 is 0 Å². The van der Waals surface area contributed by atoms with Gasteiger partial charge in [-0.3, -0.25) is 4.90 Å². The number of fused-ring (bicyclic) bond motifs is 2. The van der Waals surface area contributed by atoms with Gasteiger partial charge in [-0.2, -0.15) is 0 Å². The SMILES string of the molecule is COC12CC[C@@]3(C[C@H]1COCc1ccccc1)[C@H]1Cc4ccc(C)c5c4[C@@]3(CCN1CC1CC1)[C@H]2O5. The molecule has 2 aromatic rings. The summed E-state index contributed by atoms with van der Waals surface area (Å²) in [6.07, 6.45) is 8.90. The van der Waals surface area contributed by atoms with Crippen LogP contribution in [0.25, 0.3) is 0 Å². The molecule has 0 aromatic heterocycles. The molecule has 0 amide bonds. The van der Waals surface area contributed by atoms with Gasteiger partial charge in [0, 0.05) is 42.0 Å². The Hall–Kier alpha value is -1.88. The lowest BCUT2D eigenvalue weighted by molar-refractivity contribution is -0.283. The van der Waals surface area contributed by atoms with Gasteiger partial charge >= 0.3 is 0 Å². The second-order valence-corrected chi connectivity index (χ2v) is 12.8. The second-order valence-electron chi connectivity index (χ2n) is 12.8. The van der Waals surface area contributed by atoms with E-state index in [1.54, 1.807) is 11.1 Å². The number of likely N-dealkylation sites (tertiary alicyclic amines) is 1. The minimum atomic E-state index is -0.276. The Labute approximate surface area is 215 Å². The van der Waals surface area contributed by atoms with Gasteiger partial charge in [0.2, 0.25) is 0 Å². The molecule has 7 aliphatic rings. The molecule has 0 radical (unpaired) electrons. The third kappa shape index (κ3) is 2.66. The van der Waals surface area contributed by atoms with Crippen molar-refractivity contribution in [1.29, 1.82) is 0 Å². The van der Waals surface area contributed by atoms with Gasteiger partial charge < -0.3 is 14.2 Å². The molecule has 4 heteroatoms. The molecule has 6 atom stereocenters. The average Bonchev–Trinajstić information content (AvgIpc) is 3.64. The smallest absolute Gasteiger partial charge is 0.138 e. The first kappa shape index (κ1) is 22.1. The van der Waals surface area contributed by atoms with E-state index in [1.807, 2.05) is 7.11 Å². The van der Waals surface area contributed by atoms with E-state index in [4.69, 9.17) is 14.2 Å². The number of rotatable bonds is 7. The quantitative estimate of drug-likeness (QED) is 0.523. The highest BCUT2D eigenvalue weighted by molar-refractivity contribution is 5.61. The van der Waals surface area contributed by atoms with E-state index >= 15 is 0 Å². The number of methoxy groups -OCH3 is 1. The van der Waals surface area contributed by atoms with Crippen LogP contribution in [-0.4, -0.2) is 49.5 Å². The molecule has 2 aliphatic heterocycles. The topological polar surface area (TPSA) is 30.9 Å². The summed E-state index contributed by atoms with van der Waals surface area (Å²) in [5.41, 5.74) is 5.77. The minimum Gasteiger partial charge on any atom is -0.486 e. The van der Waals surface area contributed by atoms with E-state index in [2.05, 4.69) is 54.3 Å². The number of hydrogen-bond donors (Lipinski definition) is 0. The molecule has 2 heterocycles. The fourth-order valence-corrected chi connectivity index (χ4v) is 9.79. The Morgan fingerprint density at radius 1 is 1.06 bits per heavy atom. The van der Waals surface area contributed by atoms with Gasteiger partial charge in [-0.1, -0.05) is 42.5 Å². The molecule has 4 nitrogen and oxygen atoms in total. The van der Waals surface area contributed by atoms with E-state index in [-0.39, 0.29) is 22.5 Å². The molecular formula is C32H39NO3. The lowest BCUT2D eigenvalue weighted by Crippen LogP contribution is -2.81. The number of hydrogen-bond acceptors (Lipinski definition) is 4. The van der Waals surface area contributed by atoms with Crippen molar-refractivity contribution < 1.29 is 14.2 Å². The van der Waals surface area contributed by atoms with Gasteiger partial charge in [0.15, 0.2) is 0 Å². The third-order valence-corrected chi connectivity index (χ3v) is 11.5. The van der Waals surface area contributed by atoms with E-state index in [9.17, 15) is 0 Å².